The second kappa shape index (κ2) is 4.08. The van der Waals surface area contributed by atoms with Gasteiger partial charge in [-0.3, -0.25) is 9.20 Å². The third-order valence-electron chi connectivity index (χ3n) is 2.51. The standard InChI is InChI=1S/C12H16N4O/c1-12(2,8-9(13)17)15-11-5-3-4-10-14-6-7-16(10)11/h3-7,15H,8H2,1-2H3,(H2,13,17). The summed E-state index contributed by atoms with van der Waals surface area (Å²) in [5.74, 6) is 0.576. The fourth-order valence-electron chi connectivity index (χ4n) is 1.88. The zero-order chi connectivity index (χ0) is 12.5. The van der Waals surface area contributed by atoms with E-state index in [4.69, 9.17) is 5.73 Å². The molecule has 2 rings (SSSR count). The lowest BCUT2D eigenvalue weighted by Crippen LogP contribution is -2.36. The molecule has 0 aliphatic carbocycles. The number of nitrogens with zero attached hydrogens (tertiary/aromatic N) is 2. The summed E-state index contributed by atoms with van der Waals surface area (Å²) in [5, 5.41) is 3.30. The third-order valence-corrected chi connectivity index (χ3v) is 2.51. The van der Waals surface area contributed by atoms with Gasteiger partial charge in [-0.25, -0.2) is 4.98 Å². The van der Waals surface area contributed by atoms with Crippen molar-refractivity contribution >= 4 is 17.4 Å². The molecule has 0 aliphatic rings. The molecule has 3 N–H and O–H groups in total. The van der Waals surface area contributed by atoms with Crippen LogP contribution in [0, 0.1) is 0 Å². The van der Waals surface area contributed by atoms with Crippen LogP contribution in [-0.4, -0.2) is 20.8 Å². The number of amides is 1. The molecule has 0 fully saturated rings. The van der Waals surface area contributed by atoms with Crippen molar-refractivity contribution in [2.24, 2.45) is 5.73 Å². The van der Waals surface area contributed by atoms with Crippen molar-refractivity contribution in [3.05, 3.63) is 30.6 Å². The Morgan fingerprint density at radius 2 is 2.29 bits per heavy atom. The summed E-state index contributed by atoms with van der Waals surface area (Å²) in [4.78, 5) is 15.2. The molecule has 17 heavy (non-hydrogen) atoms. The summed E-state index contributed by atoms with van der Waals surface area (Å²) in [6.45, 7) is 3.88. The highest BCUT2D eigenvalue weighted by atomic mass is 16.1. The minimum Gasteiger partial charge on any atom is -0.370 e. The van der Waals surface area contributed by atoms with E-state index in [0.29, 0.717) is 0 Å². The highest BCUT2D eigenvalue weighted by molar-refractivity contribution is 5.75. The smallest absolute Gasteiger partial charge is 0.219 e. The average Bonchev–Trinajstić information content (AvgIpc) is 2.63. The quantitative estimate of drug-likeness (QED) is 0.837. The first-order valence-electron chi connectivity index (χ1n) is 5.46. The summed E-state index contributed by atoms with van der Waals surface area (Å²) < 4.78 is 1.93. The topological polar surface area (TPSA) is 72.4 Å². The maximum atomic E-state index is 11.0. The van der Waals surface area contributed by atoms with Crippen molar-refractivity contribution < 1.29 is 4.79 Å². The van der Waals surface area contributed by atoms with Crippen LogP contribution >= 0.6 is 0 Å². The Hall–Kier alpha value is -2.04. The molecule has 0 bridgehead atoms. The van der Waals surface area contributed by atoms with Gasteiger partial charge in [-0.05, 0) is 26.0 Å². The molecular weight excluding hydrogens is 216 g/mol. The Bertz CT molecular complexity index is 544. The van der Waals surface area contributed by atoms with Gasteiger partial charge in [-0.2, -0.15) is 0 Å². The first-order chi connectivity index (χ1) is 7.98. The van der Waals surface area contributed by atoms with Gasteiger partial charge in [0.25, 0.3) is 0 Å². The van der Waals surface area contributed by atoms with Crippen LogP contribution in [0.2, 0.25) is 0 Å². The van der Waals surface area contributed by atoms with E-state index in [-0.39, 0.29) is 17.9 Å². The lowest BCUT2D eigenvalue weighted by atomic mass is 10.0. The molecule has 0 spiro atoms. The second-order valence-electron chi connectivity index (χ2n) is 4.72. The number of rotatable bonds is 4. The Morgan fingerprint density at radius 1 is 1.53 bits per heavy atom. The number of carbonyl (C=O) groups is 1. The molecule has 0 aliphatic heterocycles. The third kappa shape index (κ3) is 2.55. The van der Waals surface area contributed by atoms with Crippen LogP contribution in [0.4, 0.5) is 5.82 Å². The highest BCUT2D eigenvalue weighted by Crippen LogP contribution is 2.18. The van der Waals surface area contributed by atoms with Crippen molar-refractivity contribution in [1.29, 1.82) is 0 Å². The Morgan fingerprint density at radius 3 is 3.00 bits per heavy atom. The van der Waals surface area contributed by atoms with E-state index in [2.05, 4.69) is 10.3 Å². The average molecular weight is 232 g/mol. The molecule has 5 heteroatoms. The predicted octanol–water partition coefficient (Wildman–Crippen LogP) is 1.40. The number of nitrogens with two attached hydrogens (primary N) is 1. The van der Waals surface area contributed by atoms with Gasteiger partial charge in [-0.1, -0.05) is 6.07 Å². The number of nitrogens with one attached hydrogen (secondary N) is 1. The van der Waals surface area contributed by atoms with E-state index in [1.807, 2.05) is 42.6 Å². The number of fused-ring (bicyclic) bond motifs is 1. The minimum atomic E-state index is -0.385. The molecule has 0 saturated carbocycles. The van der Waals surface area contributed by atoms with E-state index >= 15 is 0 Å². The Kier molecular flexibility index (Phi) is 2.75. The van der Waals surface area contributed by atoms with Crippen LogP contribution in [0.15, 0.2) is 30.6 Å². The van der Waals surface area contributed by atoms with E-state index in [9.17, 15) is 4.79 Å². The molecule has 1 amide bonds. The molecule has 2 aromatic heterocycles. The summed E-state index contributed by atoms with van der Waals surface area (Å²) in [5.41, 5.74) is 5.71. The lowest BCUT2D eigenvalue weighted by molar-refractivity contribution is -0.118. The molecular formula is C12H16N4O. The summed E-state index contributed by atoms with van der Waals surface area (Å²) in [6.07, 6.45) is 3.89. The summed E-state index contributed by atoms with van der Waals surface area (Å²) in [7, 11) is 0. The van der Waals surface area contributed by atoms with E-state index in [1.54, 1.807) is 6.20 Å². The first kappa shape index (κ1) is 11.4. The van der Waals surface area contributed by atoms with Gasteiger partial charge in [0, 0.05) is 24.4 Å². The number of imidazole rings is 1. The number of carbonyl (C=O) groups excluding carboxylic acids is 1. The van der Waals surface area contributed by atoms with E-state index < -0.39 is 0 Å². The van der Waals surface area contributed by atoms with Gasteiger partial charge in [0.2, 0.25) is 5.91 Å². The monoisotopic (exact) mass is 232 g/mol. The Labute approximate surface area is 99.6 Å². The molecule has 2 heterocycles. The van der Waals surface area contributed by atoms with Gasteiger partial charge in [0.05, 0.1) is 0 Å². The number of pyridine rings is 1. The maximum Gasteiger partial charge on any atom is 0.219 e. The lowest BCUT2D eigenvalue weighted by Gasteiger charge is -2.26. The van der Waals surface area contributed by atoms with Crippen molar-refractivity contribution in [2.45, 2.75) is 25.8 Å². The zero-order valence-electron chi connectivity index (χ0n) is 9.97. The number of hydrogen-bond acceptors (Lipinski definition) is 3. The van der Waals surface area contributed by atoms with Gasteiger partial charge < -0.3 is 11.1 Å². The first-order valence-corrected chi connectivity index (χ1v) is 5.46. The number of aromatic nitrogens is 2. The normalized spacial score (nSPS) is 11.6. The van der Waals surface area contributed by atoms with Crippen LogP contribution in [0.1, 0.15) is 20.3 Å². The van der Waals surface area contributed by atoms with Gasteiger partial charge in [0.1, 0.15) is 11.5 Å². The van der Waals surface area contributed by atoms with Crippen LogP contribution in [0.3, 0.4) is 0 Å². The maximum absolute atomic E-state index is 11.0. The van der Waals surface area contributed by atoms with Gasteiger partial charge in [0.15, 0.2) is 0 Å². The molecule has 5 nitrogen and oxygen atoms in total. The molecule has 0 aromatic carbocycles. The number of primary amides is 1. The minimum absolute atomic E-state index is 0.276. The molecule has 2 aromatic rings. The molecule has 90 valence electrons. The van der Waals surface area contributed by atoms with Gasteiger partial charge in [-0.15, -0.1) is 0 Å². The van der Waals surface area contributed by atoms with Gasteiger partial charge >= 0.3 is 0 Å². The van der Waals surface area contributed by atoms with Crippen molar-refractivity contribution in [1.82, 2.24) is 9.38 Å². The molecule has 0 atom stereocenters. The summed E-state index contributed by atoms with van der Waals surface area (Å²) in [6, 6.07) is 5.79. The highest BCUT2D eigenvalue weighted by Gasteiger charge is 2.21. The largest absolute Gasteiger partial charge is 0.370 e. The molecule has 0 unspecified atom stereocenters. The van der Waals surface area contributed by atoms with Crippen molar-refractivity contribution in [3.63, 3.8) is 0 Å². The predicted molar refractivity (Wildman–Crippen MR) is 66.7 cm³/mol. The zero-order valence-corrected chi connectivity index (χ0v) is 9.97. The second-order valence-corrected chi connectivity index (χ2v) is 4.72. The SMILES string of the molecule is CC(C)(CC(N)=O)Nc1cccc2nccn12. The number of anilines is 1. The fourth-order valence-corrected chi connectivity index (χ4v) is 1.88. The summed E-state index contributed by atoms with van der Waals surface area (Å²) >= 11 is 0. The Balaban J connectivity index is 2.29. The van der Waals surface area contributed by atoms with Crippen LogP contribution in [0.5, 0.6) is 0 Å². The fraction of sp³-hybridized carbons (Fsp3) is 0.333. The van der Waals surface area contributed by atoms with Crippen LogP contribution in [0.25, 0.3) is 5.65 Å². The van der Waals surface area contributed by atoms with E-state index in [0.717, 1.165) is 11.5 Å². The van der Waals surface area contributed by atoms with Crippen LogP contribution in [-0.2, 0) is 4.79 Å². The van der Waals surface area contributed by atoms with Crippen molar-refractivity contribution in [3.8, 4) is 0 Å². The molecule has 0 radical (unpaired) electrons. The van der Waals surface area contributed by atoms with Crippen LogP contribution < -0.4 is 11.1 Å². The number of hydrogen-bond donors (Lipinski definition) is 2. The van der Waals surface area contributed by atoms with E-state index in [1.165, 1.54) is 0 Å². The molecule has 0 saturated heterocycles. The van der Waals surface area contributed by atoms with Crippen molar-refractivity contribution in [2.75, 3.05) is 5.32 Å².